The maximum Gasteiger partial charge on any atom is 0.317 e. The molecule has 0 atom stereocenters. The van der Waals surface area contributed by atoms with E-state index in [2.05, 4.69) is 16.0 Å². The summed E-state index contributed by atoms with van der Waals surface area (Å²) < 4.78 is 0. The van der Waals surface area contributed by atoms with Crippen molar-refractivity contribution in [2.24, 2.45) is 0 Å². The molecule has 0 saturated carbocycles. The van der Waals surface area contributed by atoms with Gasteiger partial charge in [0, 0.05) is 56.0 Å². The molecule has 0 fully saturated rings. The Bertz CT molecular complexity index is 1160. The molecule has 0 aliphatic heterocycles. The first-order valence-corrected chi connectivity index (χ1v) is 13.9. The van der Waals surface area contributed by atoms with Crippen LogP contribution in [0.1, 0.15) is 31.1 Å². The van der Waals surface area contributed by atoms with Crippen molar-refractivity contribution in [3.8, 4) is 0 Å². The lowest BCUT2D eigenvalue weighted by Gasteiger charge is -2.19. The Morgan fingerprint density at radius 3 is 0.750 bits per heavy atom. The molecule has 0 aliphatic rings. The molecule has 1 rings (SSSR count). The first-order chi connectivity index (χ1) is 22.5. The third kappa shape index (κ3) is 17.1. The second-order valence-corrected chi connectivity index (χ2v) is 10.1. The zero-order chi connectivity index (χ0) is 36.4. The van der Waals surface area contributed by atoms with E-state index in [0.29, 0.717) is 0 Å². The molecule has 0 saturated heterocycles. The van der Waals surface area contributed by atoms with Gasteiger partial charge in [-0.1, -0.05) is 0 Å². The van der Waals surface area contributed by atoms with Crippen molar-refractivity contribution in [1.82, 2.24) is 30.7 Å². The summed E-state index contributed by atoms with van der Waals surface area (Å²) in [5.74, 6) is -10.4. The Labute approximate surface area is 271 Å². The summed E-state index contributed by atoms with van der Waals surface area (Å²) in [4.78, 5) is 108. The maximum absolute atomic E-state index is 13.0. The van der Waals surface area contributed by atoms with E-state index < -0.39 is 92.8 Å². The zero-order valence-electron chi connectivity index (χ0n) is 25.4. The first-order valence-electron chi connectivity index (χ1n) is 13.9. The average Bonchev–Trinajstić information content (AvgIpc) is 2.94. The summed E-state index contributed by atoms with van der Waals surface area (Å²) in [6.45, 7) is -5.05. The van der Waals surface area contributed by atoms with E-state index in [-0.39, 0.29) is 56.0 Å². The Morgan fingerprint density at radius 1 is 0.396 bits per heavy atom. The Morgan fingerprint density at radius 2 is 0.583 bits per heavy atom. The fourth-order valence-electron chi connectivity index (χ4n) is 4.10. The first kappa shape index (κ1) is 40.4. The van der Waals surface area contributed by atoms with Gasteiger partial charge in [-0.05, 0) is 18.2 Å². The minimum atomic E-state index is -1.31. The second kappa shape index (κ2) is 20.5. The normalized spacial score (nSPS) is 10.8. The highest BCUT2D eigenvalue weighted by atomic mass is 16.4. The van der Waals surface area contributed by atoms with Crippen LogP contribution < -0.4 is 16.0 Å². The van der Waals surface area contributed by atoms with E-state index in [1.807, 2.05) is 0 Å². The molecule has 0 unspecified atom stereocenters. The van der Waals surface area contributed by atoms with Gasteiger partial charge in [-0.15, -0.1) is 0 Å². The predicted octanol–water partition coefficient (Wildman–Crippen LogP) is -3.71. The van der Waals surface area contributed by atoms with Gasteiger partial charge in [0.2, 0.25) is 0 Å². The van der Waals surface area contributed by atoms with Crippen LogP contribution in [0.2, 0.25) is 0 Å². The highest BCUT2D eigenvalue weighted by Crippen LogP contribution is 2.12. The SMILES string of the molecule is O=C(O)CN(CCNC(=O)c1cc(C(=O)NCCN(CC(=O)O)CC(=O)O)cc(C(=O)NCCN(CC(=O)O)CC(=O)O)c1)CC(=O)O. The number of nitrogens with zero attached hydrogens (tertiary/aromatic N) is 3. The number of carbonyl (C=O) groups is 9. The molecule has 264 valence electrons. The number of nitrogens with one attached hydrogen (secondary N) is 3. The molecule has 21 nitrogen and oxygen atoms in total. The number of rotatable bonds is 24. The molecular weight excluding hydrogens is 648 g/mol. The smallest absolute Gasteiger partial charge is 0.317 e. The largest absolute Gasteiger partial charge is 0.480 e. The van der Waals surface area contributed by atoms with Gasteiger partial charge >= 0.3 is 35.8 Å². The van der Waals surface area contributed by atoms with Crippen LogP contribution in [0.15, 0.2) is 18.2 Å². The van der Waals surface area contributed by atoms with Gasteiger partial charge in [-0.3, -0.25) is 57.9 Å². The number of hydrogen-bond acceptors (Lipinski definition) is 12. The van der Waals surface area contributed by atoms with Gasteiger partial charge in [0.05, 0.1) is 39.3 Å². The molecule has 1 aromatic carbocycles. The van der Waals surface area contributed by atoms with Crippen molar-refractivity contribution >= 4 is 53.5 Å². The number of carboxylic acid groups (broad SMARTS) is 6. The quantitative estimate of drug-likeness (QED) is 0.0505. The lowest BCUT2D eigenvalue weighted by Crippen LogP contribution is -2.41. The number of hydrogen-bond donors (Lipinski definition) is 9. The molecule has 9 N–H and O–H groups in total. The standard InChI is InChI=1S/C27H36N6O15/c34-19(35)10-31(11-20(36)37)4-1-28-25(46)16-7-17(26(47)29-2-5-32(12-21(38)39)13-22(40)41)9-18(8-16)27(48)30-3-6-33(14-23(42)43)15-24(44)45/h7-9H,1-6,10-15H2,(H,28,46)(H,29,47)(H,30,48)(H,34,35)(H,36,37)(H,38,39)(H,40,41)(H,42,43)(H,44,45). The molecule has 0 heterocycles. The van der Waals surface area contributed by atoms with Crippen molar-refractivity contribution in [2.45, 2.75) is 0 Å². The topological polar surface area (TPSA) is 321 Å². The van der Waals surface area contributed by atoms with E-state index in [0.717, 1.165) is 32.9 Å². The fraction of sp³-hybridized carbons (Fsp3) is 0.444. The summed E-state index contributed by atoms with van der Waals surface area (Å²) in [6, 6.07) is 3.30. The van der Waals surface area contributed by atoms with Gasteiger partial charge in [0.15, 0.2) is 0 Å². The van der Waals surface area contributed by atoms with Crippen LogP contribution in [0.25, 0.3) is 0 Å². The van der Waals surface area contributed by atoms with E-state index in [1.54, 1.807) is 0 Å². The third-order valence-electron chi connectivity index (χ3n) is 6.01. The average molecular weight is 685 g/mol. The molecule has 0 aliphatic carbocycles. The number of aliphatic carboxylic acids is 6. The summed E-state index contributed by atoms with van der Waals surface area (Å²) in [6.07, 6.45) is 0. The van der Waals surface area contributed by atoms with Crippen LogP contribution >= 0.6 is 0 Å². The van der Waals surface area contributed by atoms with Crippen molar-refractivity contribution in [3.63, 3.8) is 0 Å². The van der Waals surface area contributed by atoms with Crippen LogP contribution in [-0.2, 0) is 28.8 Å². The molecule has 0 aromatic heterocycles. The van der Waals surface area contributed by atoms with E-state index >= 15 is 0 Å². The summed E-state index contributed by atoms with van der Waals surface area (Å²) in [5.41, 5.74) is -0.687. The Hall–Kier alpha value is -5.67. The van der Waals surface area contributed by atoms with E-state index in [4.69, 9.17) is 30.6 Å². The lowest BCUT2D eigenvalue weighted by atomic mass is 10.0. The van der Waals surface area contributed by atoms with Crippen LogP contribution in [0.5, 0.6) is 0 Å². The zero-order valence-corrected chi connectivity index (χ0v) is 25.4. The molecule has 3 amide bonds. The fourth-order valence-corrected chi connectivity index (χ4v) is 4.10. The number of amides is 3. The van der Waals surface area contributed by atoms with Crippen molar-refractivity contribution in [2.75, 3.05) is 78.5 Å². The van der Waals surface area contributed by atoms with Gasteiger partial charge < -0.3 is 46.6 Å². The number of carboxylic acids is 6. The summed E-state index contributed by atoms with van der Waals surface area (Å²) >= 11 is 0. The predicted molar refractivity (Wildman–Crippen MR) is 159 cm³/mol. The van der Waals surface area contributed by atoms with Crippen molar-refractivity contribution in [1.29, 1.82) is 0 Å². The second-order valence-electron chi connectivity index (χ2n) is 10.1. The molecule has 21 heteroatoms. The summed E-state index contributed by atoms with van der Waals surface area (Å²) in [5, 5.41) is 61.2. The van der Waals surface area contributed by atoms with Crippen LogP contribution in [0.4, 0.5) is 0 Å². The Balaban J connectivity index is 3.17. The van der Waals surface area contributed by atoms with Gasteiger partial charge in [0.1, 0.15) is 0 Å². The molecular formula is C27H36N6O15. The van der Waals surface area contributed by atoms with E-state index in [1.165, 1.54) is 0 Å². The lowest BCUT2D eigenvalue weighted by molar-refractivity contribution is -0.143. The molecule has 0 spiro atoms. The summed E-state index contributed by atoms with van der Waals surface area (Å²) in [7, 11) is 0. The van der Waals surface area contributed by atoms with Crippen molar-refractivity contribution < 1.29 is 73.8 Å². The maximum atomic E-state index is 13.0. The van der Waals surface area contributed by atoms with E-state index in [9.17, 15) is 43.2 Å². The van der Waals surface area contributed by atoms with Crippen LogP contribution in [0, 0.1) is 0 Å². The minimum Gasteiger partial charge on any atom is -0.480 e. The van der Waals surface area contributed by atoms with Crippen molar-refractivity contribution in [3.05, 3.63) is 34.9 Å². The molecule has 1 aromatic rings. The van der Waals surface area contributed by atoms with Gasteiger partial charge in [-0.2, -0.15) is 0 Å². The Kier molecular flexibility index (Phi) is 17.2. The molecule has 48 heavy (non-hydrogen) atoms. The van der Waals surface area contributed by atoms with Crippen LogP contribution in [-0.4, -0.2) is 177 Å². The highest BCUT2D eigenvalue weighted by Gasteiger charge is 2.20. The van der Waals surface area contributed by atoms with Gasteiger partial charge in [0.25, 0.3) is 17.7 Å². The van der Waals surface area contributed by atoms with Gasteiger partial charge in [-0.25, -0.2) is 0 Å². The third-order valence-corrected chi connectivity index (χ3v) is 6.01. The monoisotopic (exact) mass is 684 g/mol. The molecule has 0 radical (unpaired) electrons. The number of carbonyl (C=O) groups excluding carboxylic acids is 3. The minimum absolute atomic E-state index is 0.190. The molecule has 0 bridgehead atoms. The number of benzene rings is 1. The van der Waals surface area contributed by atoms with Crippen LogP contribution in [0.3, 0.4) is 0 Å². The highest BCUT2D eigenvalue weighted by molar-refractivity contribution is 6.04.